The molecule has 17 heavy (non-hydrogen) atoms. The third-order valence-electron chi connectivity index (χ3n) is 3.16. The molecule has 0 aliphatic rings. The number of nitrogens with one attached hydrogen (secondary N) is 2. The summed E-state index contributed by atoms with van der Waals surface area (Å²) in [6.45, 7) is 9.57. The molecule has 0 aromatic carbocycles. The van der Waals surface area contributed by atoms with Crippen molar-refractivity contribution in [3.63, 3.8) is 0 Å². The summed E-state index contributed by atoms with van der Waals surface area (Å²) in [7, 11) is 0. The zero-order valence-electron chi connectivity index (χ0n) is 11.7. The average molecular weight is 244 g/mol. The van der Waals surface area contributed by atoms with Crippen molar-refractivity contribution < 1.29 is 9.90 Å². The summed E-state index contributed by atoms with van der Waals surface area (Å²) in [6.07, 6.45) is 2.57. The summed E-state index contributed by atoms with van der Waals surface area (Å²) >= 11 is 0. The van der Waals surface area contributed by atoms with Crippen molar-refractivity contribution in [2.24, 2.45) is 5.92 Å². The zero-order chi connectivity index (χ0) is 13.3. The van der Waals surface area contributed by atoms with E-state index in [2.05, 4.69) is 31.4 Å². The highest BCUT2D eigenvalue weighted by atomic mass is 16.3. The average Bonchev–Trinajstić information content (AvgIpc) is 2.26. The number of hydrogen-bond acceptors (Lipinski definition) is 3. The largest absolute Gasteiger partial charge is 0.396 e. The van der Waals surface area contributed by atoms with Gasteiger partial charge in [0.15, 0.2) is 0 Å². The number of aliphatic hydroxyl groups excluding tert-OH is 1. The second-order valence-corrected chi connectivity index (χ2v) is 5.27. The molecular weight excluding hydrogens is 216 g/mol. The lowest BCUT2D eigenvalue weighted by Gasteiger charge is -2.28. The Morgan fingerprint density at radius 2 is 2.06 bits per heavy atom. The lowest BCUT2D eigenvalue weighted by molar-refractivity contribution is -0.120. The van der Waals surface area contributed by atoms with E-state index in [-0.39, 0.29) is 18.1 Å². The molecule has 1 amide bonds. The smallest absolute Gasteiger partial charge is 0.233 e. The number of carbonyl (C=O) groups excluding carboxylic acids is 1. The number of rotatable bonds is 9. The van der Waals surface area contributed by atoms with Gasteiger partial charge in [0.2, 0.25) is 5.91 Å². The van der Waals surface area contributed by atoms with Crippen molar-refractivity contribution in [2.75, 3.05) is 19.7 Å². The van der Waals surface area contributed by atoms with Crippen LogP contribution in [0.2, 0.25) is 0 Å². The highest BCUT2D eigenvalue weighted by molar-refractivity contribution is 5.78. The Labute approximate surface area is 105 Å². The van der Waals surface area contributed by atoms with Crippen molar-refractivity contribution in [1.29, 1.82) is 0 Å². The highest BCUT2D eigenvalue weighted by Crippen LogP contribution is 2.12. The Bertz CT molecular complexity index is 219. The Hall–Kier alpha value is -0.610. The fourth-order valence-corrected chi connectivity index (χ4v) is 1.49. The maximum atomic E-state index is 11.6. The predicted octanol–water partition coefficient (Wildman–Crippen LogP) is 1.29. The van der Waals surface area contributed by atoms with Crippen LogP contribution >= 0.6 is 0 Å². The Balaban J connectivity index is 3.81. The molecule has 4 nitrogen and oxygen atoms in total. The van der Waals surface area contributed by atoms with Crippen LogP contribution < -0.4 is 10.6 Å². The summed E-state index contributed by atoms with van der Waals surface area (Å²) in [4.78, 5) is 11.6. The van der Waals surface area contributed by atoms with Gasteiger partial charge >= 0.3 is 0 Å². The summed E-state index contributed by atoms with van der Waals surface area (Å²) in [5, 5.41) is 15.1. The van der Waals surface area contributed by atoms with Gasteiger partial charge in [-0.15, -0.1) is 0 Å². The molecule has 1 atom stereocenters. The summed E-state index contributed by atoms with van der Waals surface area (Å²) in [6, 6.07) is 0. The van der Waals surface area contributed by atoms with E-state index in [1.807, 2.05) is 6.92 Å². The fourth-order valence-electron chi connectivity index (χ4n) is 1.49. The third kappa shape index (κ3) is 8.16. The molecule has 0 rings (SSSR count). The fraction of sp³-hybridized carbons (Fsp3) is 0.923. The van der Waals surface area contributed by atoms with Crippen LogP contribution in [0.3, 0.4) is 0 Å². The van der Waals surface area contributed by atoms with Gasteiger partial charge in [-0.3, -0.25) is 4.79 Å². The molecule has 3 N–H and O–H groups in total. The van der Waals surface area contributed by atoms with Gasteiger partial charge in [-0.1, -0.05) is 20.8 Å². The van der Waals surface area contributed by atoms with Crippen LogP contribution in [0, 0.1) is 5.92 Å². The van der Waals surface area contributed by atoms with Crippen LogP contribution in [-0.4, -0.2) is 36.2 Å². The van der Waals surface area contributed by atoms with Gasteiger partial charge in [0, 0.05) is 18.7 Å². The second kappa shape index (κ2) is 8.48. The molecule has 0 aromatic rings. The molecule has 1 unspecified atom stereocenters. The molecule has 4 heteroatoms. The topological polar surface area (TPSA) is 61.4 Å². The first kappa shape index (κ1) is 16.4. The monoisotopic (exact) mass is 244 g/mol. The summed E-state index contributed by atoms with van der Waals surface area (Å²) in [5.74, 6) is 0.641. The third-order valence-corrected chi connectivity index (χ3v) is 3.16. The maximum Gasteiger partial charge on any atom is 0.233 e. The van der Waals surface area contributed by atoms with E-state index in [4.69, 9.17) is 5.11 Å². The summed E-state index contributed by atoms with van der Waals surface area (Å²) in [5.41, 5.74) is -0.149. The van der Waals surface area contributed by atoms with Gasteiger partial charge in [-0.05, 0) is 32.1 Å². The van der Waals surface area contributed by atoms with E-state index in [9.17, 15) is 4.79 Å². The normalized spacial score (nSPS) is 14.7. The number of carbonyl (C=O) groups is 1. The number of aliphatic hydroxyl groups is 1. The minimum absolute atomic E-state index is 0.0308. The maximum absolute atomic E-state index is 11.6. The molecular formula is C13H28N2O2. The van der Waals surface area contributed by atoms with Gasteiger partial charge in [0.1, 0.15) is 0 Å². The van der Waals surface area contributed by atoms with Crippen LogP contribution in [0.5, 0.6) is 0 Å². The van der Waals surface area contributed by atoms with Crippen LogP contribution in [-0.2, 0) is 4.79 Å². The van der Waals surface area contributed by atoms with E-state index < -0.39 is 0 Å². The van der Waals surface area contributed by atoms with Gasteiger partial charge in [0.05, 0.1) is 6.54 Å². The SMILES string of the molecule is CCC(C)(CCO)NCC(=O)NCCC(C)C. The minimum Gasteiger partial charge on any atom is -0.396 e. The predicted molar refractivity (Wildman–Crippen MR) is 70.9 cm³/mol. The first-order valence-electron chi connectivity index (χ1n) is 6.56. The Morgan fingerprint density at radius 1 is 1.41 bits per heavy atom. The first-order chi connectivity index (χ1) is 7.93. The molecule has 0 spiro atoms. The van der Waals surface area contributed by atoms with Gasteiger partial charge < -0.3 is 15.7 Å². The van der Waals surface area contributed by atoms with Crippen molar-refractivity contribution in [3.8, 4) is 0 Å². The van der Waals surface area contributed by atoms with Gasteiger partial charge in [-0.25, -0.2) is 0 Å². The van der Waals surface area contributed by atoms with Crippen LogP contribution in [0.25, 0.3) is 0 Å². The molecule has 0 aliphatic heterocycles. The Morgan fingerprint density at radius 3 is 2.53 bits per heavy atom. The number of amides is 1. The van der Waals surface area contributed by atoms with Crippen LogP contribution in [0.4, 0.5) is 0 Å². The molecule has 0 fully saturated rings. The summed E-state index contributed by atoms with van der Waals surface area (Å²) < 4.78 is 0. The molecule has 0 aliphatic carbocycles. The molecule has 0 bridgehead atoms. The molecule has 0 saturated heterocycles. The lowest BCUT2D eigenvalue weighted by atomic mass is 9.95. The molecule has 0 saturated carbocycles. The lowest BCUT2D eigenvalue weighted by Crippen LogP contribution is -2.47. The first-order valence-corrected chi connectivity index (χ1v) is 6.56. The van der Waals surface area contributed by atoms with E-state index >= 15 is 0 Å². The van der Waals surface area contributed by atoms with Crippen LogP contribution in [0.1, 0.15) is 47.0 Å². The van der Waals surface area contributed by atoms with Crippen molar-refractivity contribution in [3.05, 3.63) is 0 Å². The van der Waals surface area contributed by atoms with Crippen LogP contribution in [0.15, 0.2) is 0 Å². The quantitative estimate of drug-likeness (QED) is 0.573. The van der Waals surface area contributed by atoms with Gasteiger partial charge in [0.25, 0.3) is 0 Å². The molecule has 0 radical (unpaired) electrons. The second-order valence-electron chi connectivity index (χ2n) is 5.27. The zero-order valence-corrected chi connectivity index (χ0v) is 11.7. The van der Waals surface area contributed by atoms with E-state index in [1.54, 1.807) is 0 Å². The molecule has 102 valence electrons. The van der Waals surface area contributed by atoms with Gasteiger partial charge in [-0.2, -0.15) is 0 Å². The minimum atomic E-state index is -0.149. The van der Waals surface area contributed by atoms with E-state index in [1.165, 1.54) is 0 Å². The van der Waals surface area contributed by atoms with Crippen molar-refractivity contribution in [2.45, 2.75) is 52.5 Å². The van der Waals surface area contributed by atoms with Crippen molar-refractivity contribution in [1.82, 2.24) is 10.6 Å². The molecule has 0 heterocycles. The van der Waals surface area contributed by atoms with E-state index in [0.717, 1.165) is 19.4 Å². The molecule has 0 aromatic heterocycles. The van der Waals surface area contributed by atoms with E-state index in [0.29, 0.717) is 18.9 Å². The Kier molecular flexibility index (Phi) is 8.17. The standard InChI is InChI=1S/C13H28N2O2/c1-5-13(4,7-9-16)15-10-12(17)14-8-6-11(2)3/h11,15-16H,5-10H2,1-4H3,(H,14,17). The number of hydrogen-bond donors (Lipinski definition) is 3. The van der Waals surface area contributed by atoms with Crippen molar-refractivity contribution >= 4 is 5.91 Å². The highest BCUT2D eigenvalue weighted by Gasteiger charge is 2.21.